The summed E-state index contributed by atoms with van der Waals surface area (Å²) >= 11 is 0. The van der Waals surface area contributed by atoms with E-state index in [9.17, 15) is 0 Å². The average molecular weight is 374 g/mol. The van der Waals surface area contributed by atoms with Crippen LogP contribution in [0.15, 0.2) is 54.6 Å². The maximum atomic E-state index is 5.49. The van der Waals surface area contributed by atoms with E-state index < -0.39 is 0 Å². The Hall–Kier alpha value is -2.59. The SMILES string of the molecule is COc1cccc2ccc(NC3CCCN(C4Cc5ccccc5C4)C3)nc12. The zero-order valence-electron chi connectivity index (χ0n) is 16.4. The predicted molar refractivity (Wildman–Crippen MR) is 114 cm³/mol. The highest BCUT2D eigenvalue weighted by Crippen LogP contribution is 2.29. The molecule has 0 bridgehead atoms. The standard InChI is InChI=1S/C24H27N3O/c1-28-22-10-4-8-17-11-12-23(26-24(17)22)25-20-9-5-13-27(16-20)21-14-18-6-2-3-7-19(18)15-21/h2-4,6-8,10-12,20-21H,5,9,13-16H2,1H3,(H,25,26). The molecule has 1 unspecified atom stereocenters. The Morgan fingerprint density at radius 3 is 2.61 bits per heavy atom. The first-order chi connectivity index (χ1) is 13.8. The van der Waals surface area contributed by atoms with Gasteiger partial charge in [-0.3, -0.25) is 4.90 Å². The van der Waals surface area contributed by atoms with Crippen molar-refractivity contribution in [1.82, 2.24) is 9.88 Å². The van der Waals surface area contributed by atoms with E-state index in [1.807, 2.05) is 12.1 Å². The van der Waals surface area contributed by atoms with Gasteiger partial charge in [-0.15, -0.1) is 0 Å². The van der Waals surface area contributed by atoms with E-state index in [0.717, 1.165) is 29.0 Å². The van der Waals surface area contributed by atoms with Crippen molar-refractivity contribution in [3.8, 4) is 5.75 Å². The molecule has 0 spiro atoms. The number of aromatic nitrogens is 1. The molecule has 0 radical (unpaired) electrons. The van der Waals surface area contributed by atoms with E-state index in [2.05, 4.69) is 52.7 Å². The van der Waals surface area contributed by atoms with Gasteiger partial charge < -0.3 is 10.1 Å². The minimum Gasteiger partial charge on any atom is -0.494 e. The number of anilines is 1. The average Bonchev–Trinajstić information content (AvgIpc) is 3.18. The largest absolute Gasteiger partial charge is 0.494 e. The van der Waals surface area contributed by atoms with Crippen LogP contribution in [0.3, 0.4) is 0 Å². The molecule has 1 atom stereocenters. The van der Waals surface area contributed by atoms with Crippen LogP contribution in [0.4, 0.5) is 5.82 Å². The van der Waals surface area contributed by atoms with Crippen LogP contribution in [0, 0.1) is 0 Å². The van der Waals surface area contributed by atoms with Crippen LogP contribution in [-0.4, -0.2) is 42.2 Å². The van der Waals surface area contributed by atoms with E-state index >= 15 is 0 Å². The molecule has 1 N–H and O–H groups in total. The molecule has 2 aromatic carbocycles. The maximum absolute atomic E-state index is 5.49. The second kappa shape index (κ2) is 7.44. The topological polar surface area (TPSA) is 37.4 Å². The van der Waals surface area contributed by atoms with E-state index in [4.69, 9.17) is 9.72 Å². The number of rotatable bonds is 4. The molecule has 5 rings (SSSR count). The molecular formula is C24H27N3O. The monoisotopic (exact) mass is 373 g/mol. The highest BCUT2D eigenvalue weighted by atomic mass is 16.5. The number of pyridine rings is 1. The van der Waals surface area contributed by atoms with Crippen LogP contribution < -0.4 is 10.1 Å². The molecule has 2 heterocycles. The van der Waals surface area contributed by atoms with Gasteiger partial charge in [0.05, 0.1) is 7.11 Å². The normalized spacial score (nSPS) is 20.2. The lowest BCUT2D eigenvalue weighted by molar-refractivity contribution is 0.158. The Labute approximate surface area is 166 Å². The minimum absolute atomic E-state index is 0.442. The minimum atomic E-state index is 0.442. The van der Waals surface area contributed by atoms with Gasteiger partial charge in [0.25, 0.3) is 0 Å². The molecule has 1 aromatic heterocycles. The van der Waals surface area contributed by atoms with Gasteiger partial charge in [0.2, 0.25) is 0 Å². The van der Waals surface area contributed by atoms with E-state index in [0.29, 0.717) is 12.1 Å². The lowest BCUT2D eigenvalue weighted by atomic mass is 10.0. The lowest BCUT2D eigenvalue weighted by Gasteiger charge is -2.37. The fourth-order valence-electron chi connectivity index (χ4n) is 4.82. The molecule has 144 valence electrons. The zero-order chi connectivity index (χ0) is 18.9. The number of fused-ring (bicyclic) bond motifs is 2. The predicted octanol–water partition coefficient (Wildman–Crippen LogP) is 4.29. The number of benzene rings is 2. The second-order valence-electron chi connectivity index (χ2n) is 8.04. The number of methoxy groups -OCH3 is 1. The van der Waals surface area contributed by atoms with Crippen molar-refractivity contribution in [3.05, 3.63) is 65.7 Å². The van der Waals surface area contributed by atoms with Gasteiger partial charge in [0, 0.05) is 24.0 Å². The Kier molecular flexibility index (Phi) is 4.65. The van der Waals surface area contributed by atoms with Crippen LogP contribution in [0.5, 0.6) is 5.75 Å². The molecule has 3 aromatic rings. The Morgan fingerprint density at radius 2 is 1.82 bits per heavy atom. The fraction of sp³-hybridized carbons (Fsp3) is 0.375. The van der Waals surface area contributed by atoms with Crippen LogP contribution in [0.2, 0.25) is 0 Å². The van der Waals surface area contributed by atoms with Crippen LogP contribution in [-0.2, 0) is 12.8 Å². The summed E-state index contributed by atoms with van der Waals surface area (Å²) in [5.41, 5.74) is 3.99. The van der Waals surface area contributed by atoms with Crippen molar-refractivity contribution in [2.75, 3.05) is 25.5 Å². The summed E-state index contributed by atoms with van der Waals surface area (Å²) in [5, 5.41) is 4.80. The number of nitrogens with zero attached hydrogens (tertiary/aromatic N) is 2. The molecule has 4 nitrogen and oxygen atoms in total. The van der Waals surface area contributed by atoms with Crippen LogP contribution >= 0.6 is 0 Å². The van der Waals surface area contributed by atoms with Gasteiger partial charge in [0.1, 0.15) is 17.1 Å². The number of nitrogens with one attached hydrogen (secondary N) is 1. The summed E-state index contributed by atoms with van der Waals surface area (Å²) in [7, 11) is 1.70. The number of likely N-dealkylation sites (tertiary alicyclic amines) is 1. The third kappa shape index (κ3) is 3.33. The van der Waals surface area contributed by atoms with Gasteiger partial charge in [0.15, 0.2) is 0 Å². The third-order valence-electron chi connectivity index (χ3n) is 6.25. The second-order valence-corrected chi connectivity index (χ2v) is 8.04. The van der Waals surface area contributed by atoms with Crippen LogP contribution in [0.1, 0.15) is 24.0 Å². The molecular weight excluding hydrogens is 346 g/mol. The summed E-state index contributed by atoms with van der Waals surface area (Å²) in [6.07, 6.45) is 4.81. The molecule has 0 amide bonds. The Morgan fingerprint density at radius 1 is 1.00 bits per heavy atom. The van der Waals surface area contributed by atoms with Gasteiger partial charge >= 0.3 is 0 Å². The van der Waals surface area contributed by atoms with Crippen molar-refractivity contribution in [1.29, 1.82) is 0 Å². The van der Waals surface area contributed by atoms with E-state index in [1.54, 1.807) is 7.11 Å². The third-order valence-corrected chi connectivity index (χ3v) is 6.25. The quantitative estimate of drug-likeness (QED) is 0.740. The first kappa shape index (κ1) is 17.5. The lowest BCUT2D eigenvalue weighted by Crippen LogP contribution is -2.47. The first-order valence-corrected chi connectivity index (χ1v) is 10.3. The van der Waals surface area contributed by atoms with Crippen molar-refractivity contribution < 1.29 is 4.74 Å². The van der Waals surface area contributed by atoms with Gasteiger partial charge in [-0.25, -0.2) is 4.98 Å². The highest BCUT2D eigenvalue weighted by molar-refractivity contribution is 5.85. The van der Waals surface area contributed by atoms with Crippen molar-refractivity contribution >= 4 is 16.7 Å². The molecule has 2 aliphatic rings. The Bertz CT molecular complexity index is 962. The van der Waals surface area contributed by atoms with Crippen LogP contribution in [0.25, 0.3) is 10.9 Å². The Balaban J connectivity index is 1.29. The number of para-hydroxylation sites is 1. The number of hydrogen-bond acceptors (Lipinski definition) is 4. The highest BCUT2D eigenvalue weighted by Gasteiger charge is 2.30. The van der Waals surface area contributed by atoms with Crippen molar-refractivity contribution in [2.24, 2.45) is 0 Å². The molecule has 4 heteroatoms. The van der Waals surface area contributed by atoms with E-state index in [-0.39, 0.29) is 0 Å². The maximum Gasteiger partial charge on any atom is 0.145 e. The van der Waals surface area contributed by atoms with Gasteiger partial charge in [-0.2, -0.15) is 0 Å². The fourth-order valence-corrected chi connectivity index (χ4v) is 4.82. The van der Waals surface area contributed by atoms with Gasteiger partial charge in [-0.05, 0) is 61.6 Å². The molecule has 28 heavy (non-hydrogen) atoms. The number of hydrogen-bond donors (Lipinski definition) is 1. The first-order valence-electron chi connectivity index (χ1n) is 10.3. The van der Waals surface area contributed by atoms with E-state index in [1.165, 1.54) is 43.4 Å². The summed E-state index contributed by atoms with van der Waals surface area (Å²) in [6, 6.07) is 20.3. The summed E-state index contributed by atoms with van der Waals surface area (Å²) < 4.78 is 5.49. The molecule has 1 aliphatic heterocycles. The zero-order valence-corrected chi connectivity index (χ0v) is 16.4. The number of ether oxygens (including phenoxy) is 1. The number of piperidine rings is 1. The summed E-state index contributed by atoms with van der Waals surface area (Å²) in [5.74, 6) is 1.77. The van der Waals surface area contributed by atoms with Gasteiger partial charge in [-0.1, -0.05) is 36.4 Å². The smallest absolute Gasteiger partial charge is 0.145 e. The van der Waals surface area contributed by atoms with Crippen molar-refractivity contribution in [3.63, 3.8) is 0 Å². The molecule has 1 aliphatic carbocycles. The summed E-state index contributed by atoms with van der Waals surface area (Å²) in [4.78, 5) is 7.52. The molecule has 0 saturated carbocycles. The molecule has 1 fully saturated rings. The van der Waals surface area contributed by atoms with Crippen molar-refractivity contribution in [2.45, 2.75) is 37.8 Å². The summed E-state index contributed by atoms with van der Waals surface area (Å²) in [6.45, 7) is 2.29. The molecule has 1 saturated heterocycles.